The predicted molar refractivity (Wildman–Crippen MR) is 66.1 cm³/mol. The maximum absolute atomic E-state index is 10.7. The maximum Gasteiger partial charge on any atom is 0.271 e. The van der Waals surface area contributed by atoms with Crippen LogP contribution in [-0.4, -0.2) is 14.5 Å². The molecule has 0 spiro atoms. The van der Waals surface area contributed by atoms with Crippen LogP contribution in [0.5, 0.6) is 0 Å². The number of nitro benzene ring substituents is 1. The van der Waals surface area contributed by atoms with Crippen molar-refractivity contribution >= 4 is 16.7 Å². The van der Waals surface area contributed by atoms with Gasteiger partial charge in [0.25, 0.3) is 5.69 Å². The van der Waals surface area contributed by atoms with Gasteiger partial charge in [-0.1, -0.05) is 0 Å². The van der Waals surface area contributed by atoms with Gasteiger partial charge in [0.2, 0.25) is 0 Å². The van der Waals surface area contributed by atoms with Crippen LogP contribution < -0.4 is 0 Å². The predicted octanol–water partition coefficient (Wildman–Crippen LogP) is 3.01. The second-order valence-corrected chi connectivity index (χ2v) is 5.10. The van der Waals surface area contributed by atoms with Gasteiger partial charge in [0.1, 0.15) is 5.82 Å². The van der Waals surface area contributed by atoms with Gasteiger partial charge in [-0.05, 0) is 33.8 Å². The van der Waals surface area contributed by atoms with Crippen LogP contribution in [-0.2, 0) is 5.54 Å². The molecule has 0 unspecified atom stereocenters. The van der Waals surface area contributed by atoms with Crippen LogP contribution in [0.4, 0.5) is 5.69 Å². The lowest BCUT2D eigenvalue weighted by Gasteiger charge is -2.23. The Bertz CT molecular complexity index is 594. The first kappa shape index (κ1) is 11.6. The van der Waals surface area contributed by atoms with Crippen LogP contribution in [0.3, 0.4) is 0 Å². The van der Waals surface area contributed by atoms with Crippen molar-refractivity contribution in [3.63, 3.8) is 0 Å². The molecule has 0 radical (unpaired) electrons. The molecule has 0 bridgehead atoms. The van der Waals surface area contributed by atoms with Crippen LogP contribution in [0.15, 0.2) is 18.2 Å². The van der Waals surface area contributed by atoms with Crippen LogP contribution in [0.1, 0.15) is 26.6 Å². The minimum atomic E-state index is -0.398. The van der Waals surface area contributed by atoms with E-state index in [9.17, 15) is 10.1 Å². The molecule has 0 saturated carbocycles. The quantitative estimate of drug-likeness (QED) is 0.562. The van der Waals surface area contributed by atoms with E-state index in [1.54, 1.807) is 6.07 Å². The number of fused-ring (bicyclic) bond motifs is 1. The number of aryl methyl sites for hydroxylation is 1. The SMILES string of the molecule is Cc1nc2cc([N+](=O)[O-])ccc2n1C(C)(C)C. The zero-order valence-electron chi connectivity index (χ0n) is 10.4. The Morgan fingerprint density at radius 2 is 2.00 bits per heavy atom. The standard InChI is InChI=1S/C12H15N3O2/c1-8-13-10-7-9(15(16)17)5-6-11(10)14(8)12(2,3)4/h5-7H,1-4H3. The van der Waals surface area contributed by atoms with Gasteiger partial charge in [-0.15, -0.1) is 0 Å². The van der Waals surface area contributed by atoms with E-state index < -0.39 is 4.92 Å². The summed E-state index contributed by atoms with van der Waals surface area (Å²) in [6.45, 7) is 8.17. The van der Waals surface area contributed by atoms with Gasteiger partial charge in [-0.25, -0.2) is 4.98 Å². The molecule has 5 heteroatoms. The van der Waals surface area contributed by atoms with Gasteiger partial charge >= 0.3 is 0 Å². The fourth-order valence-corrected chi connectivity index (χ4v) is 2.15. The molecule has 1 aromatic heterocycles. The highest BCUT2D eigenvalue weighted by Crippen LogP contribution is 2.27. The van der Waals surface area contributed by atoms with Gasteiger partial charge in [0.15, 0.2) is 0 Å². The van der Waals surface area contributed by atoms with Crippen LogP contribution in [0, 0.1) is 17.0 Å². The number of nitrogens with zero attached hydrogens (tertiary/aromatic N) is 3. The zero-order chi connectivity index (χ0) is 12.8. The Hall–Kier alpha value is -1.91. The summed E-state index contributed by atoms with van der Waals surface area (Å²) in [7, 11) is 0. The van der Waals surface area contributed by atoms with E-state index >= 15 is 0 Å². The van der Waals surface area contributed by atoms with E-state index in [0.29, 0.717) is 5.52 Å². The molecule has 2 rings (SSSR count). The second-order valence-electron chi connectivity index (χ2n) is 5.10. The number of hydrogen-bond acceptors (Lipinski definition) is 3. The van der Waals surface area contributed by atoms with Crippen molar-refractivity contribution in [1.82, 2.24) is 9.55 Å². The molecule has 0 N–H and O–H groups in total. The van der Waals surface area contributed by atoms with Gasteiger partial charge in [0.05, 0.1) is 16.0 Å². The summed E-state index contributed by atoms with van der Waals surface area (Å²) in [5.41, 5.74) is 1.60. The molecule has 0 aliphatic rings. The Labute approximate surface area is 99.2 Å². The van der Waals surface area contributed by atoms with Crippen molar-refractivity contribution in [2.24, 2.45) is 0 Å². The van der Waals surface area contributed by atoms with Gasteiger partial charge < -0.3 is 4.57 Å². The van der Waals surface area contributed by atoms with Crippen molar-refractivity contribution in [3.05, 3.63) is 34.1 Å². The minimum absolute atomic E-state index is 0.0797. The maximum atomic E-state index is 10.7. The number of aromatic nitrogens is 2. The van der Waals surface area contributed by atoms with E-state index in [-0.39, 0.29) is 11.2 Å². The van der Waals surface area contributed by atoms with Gasteiger partial charge in [-0.2, -0.15) is 0 Å². The van der Waals surface area contributed by atoms with E-state index in [2.05, 4.69) is 30.3 Å². The fourth-order valence-electron chi connectivity index (χ4n) is 2.15. The number of hydrogen-bond donors (Lipinski definition) is 0. The molecule has 1 aromatic carbocycles. The first-order valence-corrected chi connectivity index (χ1v) is 5.44. The van der Waals surface area contributed by atoms with Crippen LogP contribution in [0.2, 0.25) is 0 Å². The molecule has 0 fully saturated rings. The number of imidazole rings is 1. The average molecular weight is 233 g/mol. The smallest absolute Gasteiger partial charge is 0.271 e. The minimum Gasteiger partial charge on any atom is -0.323 e. The normalized spacial score (nSPS) is 12.0. The number of rotatable bonds is 1. The van der Waals surface area contributed by atoms with E-state index in [1.807, 2.05) is 6.92 Å². The lowest BCUT2D eigenvalue weighted by Crippen LogP contribution is -2.22. The largest absolute Gasteiger partial charge is 0.323 e. The summed E-state index contributed by atoms with van der Waals surface area (Å²) in [6.07, 6.45) is 0. The summed E-state index contributed by atoms with van der Waals surface area (Å²) in [5.74, 6) is 0.869. The summed E-state index contributed by atoms with van der Waals surface area (Å²) < 4.78 is 2.09. The third-order valence-corrected chi connectivity index (χ3v) is 2.69. The third kappa shape index (κ3) is 1.88. The van der Waals surface area contributed by atoms with Crippen molar-refractivity contribution in [2.75, 3.05) is 0 Å². The summed E-state index contributed by atoms with van der Waals surface area (Å²) >= 11 is 0. The molecule has 0 saturated heterocycles. The van der Waals surface area contributed by atoms with Crippen molar-refractivity contribution in [1.29, 1.82) is 0 Å². The first-order chi connectivity index (χ1) is 7.80. The molecule has 90 valence electrons. The molecule has 5 nitrogen and oxygen atoms in total. The summed E-state index contributed by atoms with van der Waals surface area (Å²) in [5, 5.41) is 10.7. The van der Waals surface area contributed by atoms with Crippen LogP contribution >= 0.6 is 0 Å². The van der Waals surface area contributed by atoms with Gasteiger partial charge in [0, 0.05) is 17.7 Å². The summed E-state index contributed by atoms with van der Waals surface area (Å²) in [6, 6.07) is 4.80. The highest BCUT2D eigenvalue weighted by Gasteiger charge is 2.20. The van der Waals surface area contributed by atoms with Crippen molar-refractivity contribution in [2.45, 2.75) is 33.2 Å². The average Bonchev–Trinajstić information content (AvgIpc) is 2.51. The Balaban J connectivity index is 2.73. The zero-order valence-corrected chi connectivity index (χ0v) is 10.4. The number of nitro groups is 1. The number of non-ortho nitro benzene ring substituents is 1. The fraction of sp³-hybridized carbons (Fsp3) is 0.417. The third-order valence-electron chi connectivity index (χ3n) is 2.69. The molecular formula is C12H15N3O2. The van der Waals surface area contributed by atoms with E-state index in [1.165, 1.54) is 12.1 Å². The Morgan fingerprint density at radius 1 is 1.35 bits per heavy atom. The number of benzene rings is 1. The second kappa shape index (κ2) is 3.55. The highest BCUT2D eigenvalue weighted by molar-refractivity contribution is 5.79. The highest BCUT2D eigenvalue weighted by atomic mass is 16.6. The van der Waals surface area contributed by atoms with E-state index in [0.717, 1.165) is 11.3 Å². The molecule has 0 atom stereocenters. The lowest BCUT2D eigenvalue weighted by molar-refractivity contribution is -0.384. The molecule has 2 aromatic rings. The van der Waals surface area contributed by atoms with Crippen molar-refractivity contribution < 1.29 is 4.92 Å². The monoisotopic (exact) mass is 233 g/mol. The molecule has 1 heterocycles. The molecule has 0 amide bonds. The Morgan fingerprint density at radius 3 is 2.53 bits per heavy atom. The molecule has 0 aliphatic heterocycles. The summed E-state index contributed by atoms with van der Waals surface area (Å²) in [4.78, 5) is 14.7. The van der Waals surface area contributed by atoms with Gasteiger partial charge in [-0.3, -0.25) is 10.1 Å². The van der Waals surface area contributed by atoms with Crippen LogP contribution in [0.25, 0.3) is 11.0 Å². The molecule has 0 aliphatic carbocycles. The van der Waals surface area contributed by atoms with E-state index in [4.69, 9.17) is 0 Å². The van der Waals surface area contributed by atoms with Crippen molar-refractivity contribution in [3.8, 4) is 0 Å². The molecule has 17 heavy (non-hydrogen) atoms. The first-order valence-electron chi connectivity index (χ1n) is 5.44. The molecular weight excluding hydrogens is 218 g/mol. The topological polar surface area (TPSA) is 61.0 Å². The Kier molecular flexibility index (Phi) is 2.41. The lowest BCUT2D eigenvalue weighted by atomic mass is 10.1.